The van der Waals surface area contributed by atoms with Gasteiger partial charge in [-0.2, -0.15) is 4.31 Å². The summed E-state index contributed by atoms with van der Waals surface area (Å²) >= 11 is 0. The average molecular weight is 467 g/mol. The van der Waals surface area contributed by atoms with E-state index >= 15 is 0 Å². The van der Waals surface area contributed by atoms with Crippen molar-refractivity contribution in [3.63, 3.8) is 0 Å². The number of benzene rings is 2. The van der Waals surface area contributed by atoms with Crippen LogP contribution in [0, 0.1) is 6.92 Å². The zero-order chi connectivity index (χ0) is 23.4. The van der Waals surface area contributed by atoms with Gasteiger partial charge in [0.1, 0.15) is 0 Å². The number of hydrogen-bond donors (Lipinski definition) is 0. The molecular weight excluding hydrogens is 440 g/mol. The van der Waals surface area contributed by atoms with Crippen molar-refractivity contribution in [1.82, 2.24) is 14.5 Å². The van der Waals surface area contributed by atoms with Crippen molar-refractivity contribution < 1.29 is 17.9 Å². The predicted molar refractivity (Wildman–Crippen MR) is 126 cm³/mol. The lowest BCUT2D eigenvalue weighted by Crippen LogP contribution is -2.49. The van der Waals surface area contributed by atoms with Crippen LogP contribution in [0.3, 0.4) is 0 Å². The van der Waals surface area contributed by atoms with Crippen molar-refractivity contribution in [2.45, 2.75) is 18.7 Å². The van der Waals surface area contributed by atoms with Gasteiger partial charge >= 0.3 is 5.97 Å². The molecule has 1 fully saturated rings. The third-order valence-electron chi connectivity index (χ3n) is 5.64. The number of ether oxygens (including phenoxy) is 1. The fourth-order valence-electron chi connectivity index (χ4n) is 3.78. The Morgan fingerprint density at radius 3 is 2.24 bits per heavy atom. The highest BCUT2D eigenvalue weighted by Crippen LogP contribution is 2.24. The minimum Gasteiger partial charge on any atom is -0.462 e. The largest absolute Gasteiger partial charge is 0.462 e. The summed E-state index contributed by atoms with van der Waals surface area (Å²) in [5, 5.41) is 8.75. The van der Waals surface area contributed by atoms with Gasteiger partial charge in [-0.1, -0.05) is 24.3 Å². The predicted octanol–water partition coefficient (Wildman–Crippen LogP) is 3.14. The first-order valence-corrected chi connectivity index (χ1v) is 12.3. The summed E-state index contributed by atoms with van der Waals surface area (Å²) in [6, 6.07) is 17.7. The molecule has 1 aliphatic rings. The van der Waals surface area contributed by atoms with Crippen LogP contribution in [0.25, 0.3) is 11.3 Å². The number of nitrogens with zero attached hydrogens (tertiary/aromatic N) is 4. The second-order valence-electron chi connectivity index (χ2n) is 7.73. The molecule has 1 aromatic heterocycles. The fourth-order valence-corrected chi connectivity index (χ4v) is 5.20. The van der Waals surface area contributed by atoms with Gasteiger partial charge in [-0.3, -0.25) is 0 Å². The normalized spacial score (nSPS) is 14.8. The van der Waals surface area contributed by atoms with E-state index in [9.17, 15) is 13.2 Å². The van der Waals surface area contributed by atoms with E-state index in [1.165, 1.54) is 28.6 Å². The third kappa shape index (κ3) is 4.89. The molecule has 0 unspecified atom stereocenters. The van der Waals surface area contributed by atoms with E-state index in [1.807, 2.05) is 48.2 Å². The van der Waals surface area contributed by atoms with Gasteiger partial charge in [-0.15, -0.1) is 10.2 Å². The Labute approximate surface area is 193 Å². The van der Waals surface area contributed by atoms with Crippen LogP contribution in [0.4, 0.5) is 5.82 Å². The first kappa shape index (κ1) is 22.9. The fraction of sp³-hybridized carbons (Fsp3) is 0.292. The first-order chi connectivity index (χ1) is 15.9. The first-order valence-electron chi connectivity index (χ1n) is 10.8. The van der Waals surface area contributed by atoms with Gasteiger partial charge in [0.05, 0.1) is 22.8 Å². The number of hydrogen-bond acceptors (Lipinski definition) is 7. The SMILES string of the molecule is CCOC(=O)c1ccc(S(=O)(=O)N2CCN(c3ccc(-c4ccccc4C)nn3)CC2)cc1. The Morgan fingerprint density at radius 1 is 0.939 bits per heavy atom. The molecule has 1 saturated heterocycles. The summed E-state index contributed by atoms with van der Waals surface area (Å²) < 4.78 is 32.5. The highest BCUT2D eigenvalue weighted by molar-refractivity contribution is 7.89. The average Bonchev–Trinajstić information content (AvgIpc) is 2.85. The molecule has 9 heteroatoms. The third-order valence-corrected chi connectivity index (χ3v) is 7.55. The molecule has 172 valence electrons. The van der Waals surface area contributed by atoms with Crippen LogP contribution in [0.15, 0.2) is 65.6 Å². The van der Waals surface area contributed by atoms with Crippen LogP contribution >= 0.6 is 0 Å². The van der Waals surface area contributed by atoms with Crippen molar-refractivity contribution >= 4 is 21.8 Å². The summed E-state index contributed by atoms with van der Waals surface area (Å²) in [5.74, 6) is 0.257. The van der Waals surface area contributed by atoms with Crippen LogP contribution < -0.4 is 4.90 Å². The smallest absolute Gasteiger partial charge is 0.338 e. The lowest BCUT2D eigenvalue weighted by atomic mass is 10.1. The number of sulfonamides is 1. The molecule has 0 amide bonds. The summed E-state index contributed by atoms with van der Waals surface area (Å²) in [6.45, 7) is 5.72. The van der Waals surface area contributed by atoms with Crippen molar-refractivity contribution in [3.8, 4) is 11.3 Å². The van der Waals surface area contributed by atoms with Gasteiger partial charge in [0.25, 0.3) is 0 Å². The Hall–Kier alpha value is -3.30. The lowest BCUT2D eigenvalue weighted by molar-refractivity contribution is 0.0526. The van der Waals surface area contributed by atoms with E-state index in [-0.39, 0.29) is 11.5 Å². The Kier molecular flexibility index (Phi) is 6.71. The standard InChI is InChI=1S/C24H26N4O4S/c1-3-32-24(29)19-8-10-20(11-9-19)33(30,31)28-16-14-27(15-17-28)23-13-12-22(25-26-23)21-7-5-4-6-18(21)2/h4-13H,3,14-17H2,1-2H3. The van der Waals surface area contributed by atoms with Gasteiger partial charge in [-0.05, 0) is 55.8 Å². The molecule has 0 saturated carbocycles. The van der Waals surface area contributed by atoms with Crippen molar-refractivity contribution in [1.29, 1.82) is 0 Å². The zero-order valence-electron chi connectivity index (χ0n) is 18.6. The maximum absolute atomic E-state index is 13.0. The van der Waals surface area contributed by atoms with Gasteiger partial charge in [-0.25, -0.2) is 13.2 Å². The molecule has 8 nitrogen and oxygen atoms in total. The number of rotatable bonds is 6. The van der Waals surface area contributed by atoms with E-state index < -0.39 is 16.0 Å². The van der Waals surface area contributed by atoms with E-state index in [1.54, 1.807) is 6.92 Å². The molecule has 33 heavy (non-hydrogen) atoms. The number of aromatic nitrogens is 2. The van der Waals surface area contributed by atoms with Crippen molar-refractivity contribution in [3.05, 3.63) is 71.8 Å². The van der Waals surface area contributed by atoms with E-state index in [0.29, 0.717) is 31.7 Å². The Morgan fingerprint density at radius 2 is 1.64 bits per heavy atom. The molecule has 3 aromatic rings. The van der Waals surface area contributed by atoms with E-state index in [4.69, 9.17) is 4.74 Å². The topological polar surface area (TPSA) is 92.7 Å². The second-order valence-corrected chi connectivity index (χ2v) is 9.67. The highest BCUT2D eigenvalue weighted by Gasteiger charge is 2.29. The molecule has 0 atom stereocenters. The minimum absolute atomic E-state index is 0.159. The van der Waals surface area contributed by atoms with Crippen LogP contribution in [0.1, 0.15) is 22.8 Å². The number of piperazine rings is 1. The van der Waals surface area contributed by atoms with Crippen LogP contribution in [0.2, 0.25) is 0 Å². The molecule has 0 bridgehead atoms. The molecule has 2 heterocycles. The van der Waals surface area contributed by atoms with Crippen molar-refractivity contribution in [2.24, 2.45) is 0 Å². The molecular formula is C24H26N4O4S. The lowest BCUT2D eigenvalue weighted by Gasteiger charge is -2.34. The summed E-state index contributed by atoms with van der Waals surface area (Å²) in [6.07, 6.45) is 0. The summed E-state index contributed by atoms with van der Waals surface area (Å²) in [7, 11) is -3.65. The number of carbonyl (C=O) groups is 1. The van der Waals surface area contributed by atoms with E-state index in [2.05, 4.69) is 10.2 Å². The van der Waals surface area contributed by atoms with Crippen LogP contribution in [0.5, 0.6) is 0 Å². The molecule has 0 aliphatic carbocycles. The van der Waals surface area contributed by atoms with Gasteiger partial charge in [0.15, 0.2) is 5.82 Å². The molecule has 0 N–H and O–H groups in total. The Bertz CT molecular complexity index is 1220. The number of anilines is 1. The number of esters is 1. The molecule has 2 aromatic carbocycles. The highest BCUT2D eigenvalue weighted by atomic mass is 32.2. The second kappa shape index (κ2) is 9.68. The number of carbonyl (C=O) groups excluding carboxylic acids is 1. The molecule has 1 aliphatic heterocycles. The monoisotopic (exact) mass is 466 g/mol. The van der Waals surface area contributed by atoms with Gasteiger partial charge in [0.2, 0.25) is 10.0 Å². The molecule has 0 radical (unpaired) electrons. The summed E-state index contributed by atoms with van der Waals surface area (Å²) in [5.41, 5.74) is 3.31. The van der Waals surface area contributed by atoms with Crippen LogP contribution in [-0.2, 0) is 14.8 Å². The van der Waals surface area contributed by atoms with Gasteiger partial charge in [0, 0.05) is 31.7 Å². The Balaban J connectivity index is 1.41. The molecule has 0 spiro atoms. The van der Waals surface area contributed by atoms with E-state index in [0.717, 1.165) is 22.6 Å². The molecule has 4 rings (SSSR count). The quantitative estimate of drug-likeness (QED) is 0.515. The van der Waals surface area contributed by atoms with Gasteiger partial charge < -0.3 is 9.64 Å². The maximum Gasteiger partial charge on any atom is 0.338 e. The maximum atomic E-state index is 13.0. The van der Waals surface area contributed by atoms with Crippen molar-refractivity contribution in [2.75, 3.05) is 37.7 Å². The van der Waals surface area contributed by atoms with Crippen LogP contribution in [-0.4, -0.2) is 61.7 Å². The minimum atomic E-state index is -3.65. The number of aryl methyl sites for hydroxylation is 1. The zero-order valence-corrected chi connectivity index (χ0v) is 19.5. The summed E-state index contributed by atoms with van der Waals surface area (Å²) in [4.78, 5) is 14.0.